The Morgan fingerprint density at radius 1 is 0.357 bits per heavy atom. The van der Waals surface area contributed by atoms with Gasteiger partial charge in [0, 0.05) is 16.5 Å². The van der Waals surface area contributed by atoms with E-state index < -0.39 is 0 Å². The Morgan fingerprint density at radius 3 is 1.64 bits per heavy atom. The molecule has 4 heterocycles. The molecule has 3 aliphatic heterocycles. The molecule has 0 amide bonds. The van der Waals surface area contributed by atoms with Crippen molar-refractivity contribution < 1.29 is 0 Å². The van der Waals surface area contributed by atoms with Gasteiger partial charge in [-0.15, -0.1) is 0 Å². The average Bonchev–Trinajstić information content (AvgIpc) is 3.05. The molecule has 7 aromatic rings. The molecule has 0 N–H and O–H groups in total. The number of hydrogen-bond acceptors (Lipinski definition) is 1. The molecule has 5 heteroatoms. The van der Waals surface area contributed by atoms with E-state index in [0.29, 0.717) is 0 Å². The summed E-state index contributed by atoms with van der Waals surface area (Å²) in [5, 5.41) is 2.78. The Kier molecular flexibility index (Phi) is 4.01. The first-order chi connectivity index (χ1) is 20.8. The second-order valence-electron chi connectivity index (χ2n) is 11.0. The third-order valence-electron chi connectivity index (χ3n) is 8.91. The number of pyridine rings is 1. The summed E-state index contributed by atoms with van der Waals surface area (Å²) < 4.78 is 9.05. The lowest BCUT2D eigenvalue weighted by molar-refractivity contribution is 1.01. The zero-order valence-corrected chi connectivity index (χ0v) is 22.4. The minimum Gasteiger partial charge on any atom is -0.306 e. The van der Waals surface area contributed by atoms with Crippen molar-refractivity contribution >= 4 is 60.3 Å². The molecule has 0 aliphatic carbocycles. The maximum Gasteiger partial charge on any atom is 0.263 e. The monoisotopic (exact) mass is 538 g/mol. The summed E-state index contributed by atoms with van der Waals surface area (Å²) in [6.45, 7) is 0. The highest BCUT2D eigenvalue weighted by Gasteiger charge is 2.28. The molecule has 10 rings (SSSR count). The lowest BCUT2D eigenvalue weighted by atomic mass is 10.0. The minimum atomic E-state index is 0.00689. The smallest absolute Gasteiger partial charge is 0.263 e. The maximum absolute atomic E-state index is 14.2. The Balaban J connectivity index is 1.59. The van der Waals surface area contributed by atoms with Crippen molar-refractivity contribution in [3.05, 3.63) is 144 Å². The van der Waals surface area contributed by atoms with Crippen LogP contribution in [-0.2, 0) is 0 Å². The van der Waals surface area contributed by atoms with Crippen LogP contribution < -0.4 is 5.56 Å². The molecule has 0 saturated heterocycles. The van der Waals surface area contributed by atoms with Gasteiger partial charge in [0.2, 0.25) is 0 Å². The van der Waals surface area contributed by atoms with Crippen molar-refractivity contribution in [1.29, 1.82) is 0 Å². The SMILES string of the molecule is O=c1c2ccccc2c2ccc3c4c2n1c1ccccc1n-4c1cccc2c1-n3c1ccccc1n2-c1ccccc1. The summed E-state index contributed by atoms with van der Waals surface area (Å²) in [4.78, 5) is 14.2. The summed E-state index contributed by atoms with van der Waals surface area (Å²) in [6.07, 6.45) is 0. The van der Waals surface area contributed by atoms with Crippen LogP contribution in [0.2, 0.25) is 0 Å². The first kappa shape index (κ1) is 21.9. The van der Waals surface area contributed by atoms with Gasteiger partial charge >= 0.3 is 0 Å². The van der Waals surface area contributed by atoms with Crippen LogP contribution >= 0.6 is 0 Å². The number of benzene rings is 6. The highest BCUT2D eigenvalue weighted by molar-refractivity contribution is 6.15. The Labute approximate surface area is 239 Å². The minimum absolute atomic E-state index is 0.00689. The average molecular weight is 539 g/mol. The fourth-order valence-corrected chi connectivity index (χ4v) is 7.29. The lowest BCUT2D eigenvalue weighted by Gasteiger charge is -2.32. The van der Waals surface area contributed by atoms with E-state index in [1.807, 2.05) is 28.7 Å². The second-order valence-corrected chi connectivity index (χ2v) is 11.0. The molecular formula is C37H22N4O. The molecule has 0 saturated carbocycles. The fraction of sp³-hybridized carbons (Fsp3) is 0. The fourth-order valence-electron chi connectivity index (χ4n) is 7.29. The number of hydrogen-bond donors (Lipinski definition) is 0. The molecule has 42 heavy (non-hydrogen) atoms. The van der Waals surface area contributed by atoms with Crippen LogP contribution in [-0.4, -0.2) is 18.1 Å². The molecule has 6 aromatic carbocycles. The Morgan fingerprint density at radius 2 is 0.881 bits per heavy atom. The number of para-hydroxylation sites is 6. The third kappa shape index (κ3) is 2.52. The summed E-state index contributed by atoms with van der Waals surface area (Å²) in [5.74, 6) is 0. The zero-order valence-electron chi connectivity index (χ0n) is 22.4. The molecule has 196 valence electrons. The first-order valence-electron chi connectivity index (χ1n) is 14.2. The van der Waals surface area contributed by atoms with Crippen molar-refractivity contribution in [3.8, 4) is 17.1 Å². The van der Waals surface area contributed by atoms with E-state index in [2.05, 4.69) is 123 Å². The van der Waals surface area contributed by atoms with Crippen LogP contribution in [0.25, 0.3) is 77.4 Å². The largest absolute Gasteiger partial charge is 0.306 e. The van der Waals surface area contributed by atoms with E-state index in [-0.39, 0.29) is 5.56 Å². The van der Waals surface area contributed by atoms with Gasteiger partial charge in [-0.3, -0.25) is 9.20 Å². The third-order valence-corrected chi connectivity index (χ3v) is 8.91. The van der Waals surface area contributed by atoms with Gasteiger partial charge in [-0.25, -0.2) is 0 Å². The van der Waals surface area contributed by atoms with Gasteiger partial charge in [0.05, 0.1) is 55.5 Å². The molecule has 1 aromatic heterocycles. The van der Waals surface area contributed by atoms with Crippen LogP contribution in [0.15, 0.2) is 138 Å². The van der Waals surface area contributed by atoms with E-state index in [4.69, 9.17) is 0 Å². The molecule has 0 bridgehead atoms. The zero-order chi connectivity index (χ0) is 27.5. The molecule has 0 fully saturated rings. The topological polar surface area (TPSA) is 36.3 Å². The van der Waals surface area contributed by atoms with Crippen LogP contribution in [0.5, 0.6) is 0 Å². The Hall–Kier alpha value is -5.81. The van der Waals surface area contributed by atoms with Crippen molar-refractivity contribution in [2.24, 2.45) is 0 Å². The highest BCUT2D eigenvalue weighted by atomic mass is 16.1. The molecule has 0 atom stereocenters. The van der Waals surface area contributed by atoms with Crippen LogP contribution in [0.4, 0.5) is 0 Å². The van der Waals surface area contributed by atoms with Gasteiger partial charge in [-0.05, 0) is 72.1 Å². The Bertz CT molecular complexity index is 2700. The van der Waals surface area contributed by atoms with Crippen molar-refractivity contribution in [1.82, 2.24) is 18.1 Å². The molecule has 0 radical (unpaired) electrons. The van der Waals surface area contributed by atoms with Crippen molar-refractivity contribution in [2.75, 3.05) is 0 Å². The van der Waals surface area contributed by atoms with E-state index in [1.54, 1.807) is 0 Å². The molecular weight excluding hydrogens is 516 g/mol. The van der Waals surface area contributed by atoms with Gasteiger partial charge in [0.15, 0.2) is 0 Å². The summed E-state index contributed by atoms with van der Waals surface area (Å²) >= 11 is 0. The van der Waals surface area contributed by atoms with Crippen molar-refractivity contribution in [3.63, 3.8) is 0 Å². The van der Waals surface area contributed by atoms with E-state index in [9.17, 15) is 4.79 Å². The normalized spacial score (nSPS) is 12.4. The highest BCUT2D eigenvalue weighted by Crippen LogP contribution is 2.44. The van der Waals surface area contributed by atoms with Gasteiger partial charge in [0.25, 0.3) is 5.56 Å². The summed E-state index contributed by atoms with van der Waals surface area (Å²) in [5.41, 5.74) is 11.6. The number of fused-ring (bicyclic) bond motifs is 9. The quantitative estimate of drug-likeness (QED) is 0.153. The molecule has 3 aliphatic rings. The van der Waals surface area contributed by atoms with Gasteiger partial charge in [-0.2, -0.15) is 0 Å². The van der Waals surface area contributed by atoms with Crippen LogP contribution in [0.1, 0.15) is 0 Å². The lowest BCUT2D eigenvalue weighted by Crippen LogP contribution is -2.22. The predicted octanol–water partition coefficient (Wildman–Crippen LogP) is 8.31. The second kappa shape index (κ2) is 7.68. The van der Waals surface area contributed by atoms with E-state index >= 15 is 0 Å². The summed E-state index contributed by atoms with van der Waals surface area (Å²) in [6, 6.07) is 46.4. The van der Waals surface area contributed by atoms with E-state index in [1.165, 1.54) is 0 Å². The van der Waals surface area contributed by atoms with Crippen molar-refractivity contribution in [2.45, 2.75) is 0 Å². The van der Waals surface area contributed by atoms with Gasteiger partial charge in [-0.1, -0.05) is 66.7 Å². The molecule has 0 unspecified atom stereocenters. The van der Waals surface area contributed by atoms with Crippen LogP contribution in [0, 0.1) is 0 Å². The van der Waals surface area contributed by atoms with Gasteiger partial charge < -0.3 is 13.7 Å². The summed E-state index contributed by atoms with van der Waals surface area (Å²) in [7, 11) is 0. The standard InChI is InChI=1S/C37H22N4O/c42-37-26-14-5-4-13-24(26)25-21-22-33-36-34(25)41(37)30-18-9-8-17-29(30)40(36)32-20-10-19-31-35(32)39(33)28-16-7-6-15-27(28)38(31)23-11-2-1-3-12-23/h1-22H. The first-order valence-corrected chi connectivity index (χ1v) is 14.2. The van der Waals surface area contributed by atoms with E-state index in [0.717, 1.165) is 77.4 Å². The predicted molar refractivity (Wildman–Crippen MR) is 172 cm³/mol. The molecule has 0 spiro atoms. The number of nitrogens with zero attached hydrogens (tertiary/aromatic N) is 4. The van der Waals surface area contributed by atoms with Gasteiger partial charge in [0.1, 0.15) is 0 Å². The maximum atomic E-state index is 14.2. The number of aromatic nitrogens is 4. The van der Waals surface area contributed by atoms with Crippen LogP contribution in [0.3, 0.4) is 0 Å². The molecule has 5 nitrogen and oxygen atoms in total. The number of rotatable bonds is 1.